The predicted octanol–water partition coefficient (Wildman–Crippen LogP) is 3.05. The van der Waals surface area contributed by atoms with Gasteiger partial charge in [-0.3, -0.25) is 0 Å². The van der Waals surface area contributed by atoms with Crippen molar-refractivity contribution < 1.29 is 13.9 Å². The van der Waals surface area contributed by atoms with Crippen LogP contribution in [0.4, 0.5) is 4.39 Å². The smallest absolute Gasteiger partial charge is 0.128 e. The summed E-state index contributed by atoms with van der Waals surface area (Å²) in [5.74, 6) is 0.392. The van der Waals surface area contributed by atoms with Crippen molar-refractivity contribution in [3.63, 3.8) is 0 Å². The number of methoxy groups -OCH3 is 1. The lowest BCUT2D eigenvalue weighted by Crippen LogP contribution is -2.20. The summed E-state index contributed by atoms with van der Waals surface area (Å²) < 4.78 is 24.3. The Morgan fingerprint density at radius 2 is 1.95 bits per heavy atom. The average Bonchev–Trinajstić information content (AvgIpc) is 2.46. The van der Waals surface area contributed by atoms with Gasteiger partial charge in [0.2, 0.25) is 0 Å². The first-order valence-electron chi connectivity index (χ1n) is 6.41. The van der Waals surface area contributed by atoms with E-state index in [4.69, 9.17) is 15.2 Å². The Balaban J connectivity index is 1.98. The van der Waals surface area contributed by atoms with E-state index in [0.717, 1.165) is 5.56 Å². The minimum Gasteiger partial charge on any atom is -0.492 e. The van der Waals surface area contributed by atoms with E-state index in [1.165, 1.54) is 6.07 Å². The summed E-state index contributed by atoms with van der Waals surface area (Å²) in [6.07, 6.45) is 0. The van der Waals surface area contributed by atoms with Crippen molar-refractivity contribution in [1.82, 2.24) is 0 Å². The first kappa shape index (κ1) is 14.5. The van der Waals surface area contributed by atoms with Gasteiger partial charge in [-0.25, -0.2) is 4.39 Å². The summed E-state index contributed by atoms with van der Waals surface area (Å²) in [6.45, 7) is 0.744. The summed E-state index contributed by atoms with van der Waals surface area (Å²) in [4.78, 5) is 0. The van der Waals surface area contributed by atoms with E-state index in [1.54, 1.807) is 25.3 Å². The van der Waals surface area contributed by atoms with Crippen molar-refractivity contribution in [1.29, 1.82) is 0 Å². The number of hydrogen-bond acceptors (Lipinski definition) is 3. The van der Waals surface area contributed by atoms with E-state index in [2.05, 4.69) is 0 Å². The maximum absolute atomic E-state index is 13.6. The molecule has 0 aliphatic heterocycles. The molecule has 0 radical (unpaired) electrons. The Labute approximate surface area is 118 Å². The van der Waals surface area contributed by atoms with Crippen LogP contribution in [0, 0.1) is 5.82 Å². The number of halogens is 1. The van der Waals surface area contributed by atoms with Gasteiger partial charge in [0.05, 0.1) is 12.6 Å². The monoisotopic (exact) mass is 275 g/mol. The SMILES string of the molecule is COCc1cccc(OCC(N)c2ccccc2F)c1. The molecule has 0 saturated heterocycles. The van der Waals surface area contributed by atoms with Gasteiger partial charge in [-0.05, 0) is 23.8 Å². The molecule has 2 aromatic carbocycles. The fraction of sp³-hybridized carbons (Fsp3) is 0.250. The summed E-state index contributed by atoms with van der Waals surface area (Å²) in [5.41, 5.74) is 7.43. The van der Waals surface area contributed by atoms with Crippen LogP contribution in [-0.4, -0.2) is 13.7 Å². The van der Waals surface area contributed by atoms with Gasteiger partial charge in [0.25, 0.3) is 0 Å². The molecule has 1 unspecified atom stereocenters. The molecule has 4 heteroatoms. The van der Waals surface area contributed by atoms with Crippen LogP contribution in [0.2, 0.25) is 0 Å². The molecule has 20 heavy (non-hydrogen) atoms. The molecular formula is C16H18FNO2. The molecule has 0 heterocycles. The molecule has 0 aromatic heterocycles. The Morgan fingerprint density at radius 3 is 2.70 bits per heavy atom. The molecule has 0 amide bonds. The normalized spacial score (nSPS) is 12.2. The van der Waals surface area contributed by atoms with Crippen LogP contribution in [0.5, 0.6) is 5.75 Å². The lowest BCUT2D eigenvalue weighted by atomic mass is 10.1. The summed E-state index contributed by atoms with van der Waals surface area (Å²) in [6, 6.07) is 13.5. The van der Waals surface area contributed by atoms with Crippen LogP contribution < -0.4 is 10.5 Å². The topological polar surface area (TPSA) is 44.5 Å². The Bertz CT molecular complexity index is 560. The molecule has 0 aliphatic carbocycles. The summed E-state index contributed by atoms with van der Waals surface area (Å²) >= 11 is 0. The summed E-state index contributed by atoms with van der Waals surface area (Å²) in [5, 5.41) is 0. The first-order valence-corrected chi connectivity index (χ1v) is 6.41. The van der Waals surface area contributed by atoms with Gasteiger partial charge in [0, 0.05) is 12.7 Å². The van der Waals surface area contributed by atoms with Crippen molar-refractivity contribution >= 4 is 0 Å². The van der Waals surface area contributed by atoms with Gasteiger partial charge in [-0.1, -0.05) is 30.3 Å². The third kappa shape index (κ3) is 3.79. The standard InChI is InChI=1S/C16H18FNO2/c1-19-10-12-5-4-6-13(9-12)20-11-16(18)14-7-2-3-8-15(14)17/h2-9,16H,10-11,18H2,1H3. The van der Waals surface area contributed by atoms with Crippen LogP contribution in [0.1, 0.15) is 17.2 Å². The van der Waals surface area contributed by atoms with Crippen molar-refractivity contribution in [2.75, 3.05) is 13.7 Å². The zero-order valence-electron chi connectivity index (χ0n) is 11.4. The Kier molecular flexibility index (Phi) is 5.09. The predicted molar refractivity (Wildman–Crippen MR) is 76.0 cm³/mol. The Morgan fingerprint density at radius 1 is 1.15 bits per heavy atom. The molecule has 0 bridgehead atoms. The van der Waals surface area contributed by atoms with Crippen LogP contribution in [0.15, 0.2) is 48.5 Å². The molecule has 2 rings (SSSR count). The first-order chi connectivity index (χ1) is 9.70. The highest BCUT2D eigenvalue weighted by Gasteiger charge is 2.11. The lowest BCUT2D eigenvalue weighted by molar-refractivity contribution is 0.184. The Hall–Kier alpha value is -1.91. The van der Waals surface area contributed by atoms with Crippen molar-refractivity contribution in [3.05, 3.63) is 65.5 Å². The van der Waals surface area contributed by atoms with Crippen molar-refractivity contribution in [2.45, 2.75) is 12.6 Å². The van der Waals surface area contributed by atoms with Gasteiger partial charge < -0.3 is 15.2 Å². The van der Waals surface area contributed by atoms with Crippen LogP contribution in [-0.2, 0) is 11.3 Å². The third-order valence-electron chi connectivity index (χ3n) is 2.94. The molecule has 0 saturated carbocycles. The minimum absolute atomic E-state index is 0.220. The molecule has 3 nitrogen and oxygen atoms in total. The van der Waals surface area contributed by atoms with E-state index in [-0.39, 0.29) is 12.4 Å². The number of benzene rings is 2. The van der Waals surface area contributed by atoms with Crippen molar-refractivity contribution in [2.24, 2.45) is 5.73 Å². The zero-order chi connectivity index (χ0) is 14.4. The lowest BCUT2D eigenvalue weighted by Gasteiger charge is -2.14. The number of hydrogen-bond donors (Lipinski definition) is 1. The maximum atomic E-state index is 13.6. The van der Waals surface area contributed by atoms with Crippen LogP contribution in [0.3, 0.4) is 0 Å². The number of ether oxygens (including phenoxy) is 2. The highest BCUT2D eigenvalue weighted by molar-refractivity contribution is 5.28. The molecule has 2 aromatic rings. The molecule has 0 aliphatic rings. The summed E-state index contributed by atoms with van der Waals surface area (Å²) in [7, 11) is 1.64. The van der Waals surface area contributed by atoms with Crippen LogP contribution in [0.25, 0.3) is 0 Å². The van der Waals surface area contributed by atoms with E-state index in [1.807, 2.05) is 24.3 Å². The fourth-order valence-corrected chi connectivity index (χ4v) is 1.94. The van der Waals surface area contributed by atoms with E-state index >= 15 is 0 Å². The number of nitrogens with two attached hydrogens (primary N) is 1. The second-order valence-electron chi connectivity index (χ2n) is 4.52. The van der Waals surface area contributed by atoms with Gasteiger partial charge in [0.15, 0.2) is 0 Å². The molecule has 1 atom stereocenters. The fourth-order valence-electron chi connectivity index (χ4n) is 1.94. The second kappa shape index (κ2) is 7.03. The third-order valence-corrected chi connectivity index (χ3v) is 2.94. The molecule has 0 fully saturated rings. The average molecular weight is 275 g/mol. The van der Waals surface area contributed by atoms with Gasteiger partial charge in [-0.15, -0.1) is 0 Å². The molecular weight excluding hydrogens is 257 g/mol. The van der Waals surface area contributed by atoms with E-state index in [0.29, 0.717) is 17.9 Å². The van der Waals surface area contributed by atoms with Gasteiger partial charge in [-0.2, -0.15) is 0 Å². The quantitative estimate of drug-likeness (QED) is 0.881. The molecule has 2 N–H and O–H groups in total. The van der Waals surface area contributed by atoms with E-state index in [9.17, 15) is 4.39 Å². The molecule has 0 spiro atoms. The highest BCUT2D eigenvalue weighted by atomic mass is 19.1. The zero-order valence-corrected chi connectivity index (χ0v) is 11.4. The van der Waals surface area contributed by atoms with Gasteiger partial charge >= 0.3 is 0 Å². The maximum Gasteiger partial charge on any atom is 0.128 e. The van der Waals surface area contributed by atoms with Gasteiger partial charge in [0.1, 0.15) is 18.2 Å². The highest BCUT2D eigenvalue weighted by Crippen LogP contribution is 2.18. The number of rotatable bonds is 6. The minimum atomic E-state index is -0.498. The largest absolute Gasteiger partial charge is 0.492 e. The second-order valence-corrected chi connectivity index (χ2v) is 4.52. The van der Waals surface area contributed by atoms with E-state index < -0.39 is 6.04 Å². The van der Waals surface area contributed by atoms with Crippen molar-refractivity contribution in [3.8, 4) is 5.75 Å². The molecule has 106 valence electrons. The van der Waals surface area contributed by atoms with Crippen LogP contribution >= 0.6 is 0 Å².